The van der Waals surface area contributed by atoms with Gasteiger partial charge in [0.1, 0.15) is 5.52 Å². The summed E-state index contributed by atoms with van der Waals surface area (Å²) in [6, 6.07) is 17.2. The number of methoxy groups -OCH3 is 1. The summed E-state index contributed by atoms with van der Waals surface area (Å²) >= 11 is 0. The second kappa shape index (κ2) is 7.81. The van der Waals surface area contributed by atoms with Crippen molar-refractivity contribution in [3.05, 3.63) is 66.9 Å². The monoisotopic (exact) mass is 387 g/mol. The maximum absolute atomic E-state index is 12.2. The predicted octanol–water partition coefficient (Wildman–Crippen LogP) is 4.05. The van der Waals surface area contributed by atoms with Gasteiger partial charge in [0.15, 0.2) is 23.0 Å². The van der Waals surface area contributed by atoms with Crippen LogP contribution in [-0.4, -0.2) is 33.2 Å². The first kappa shape index (κ1) is 18.2. The number of nitrogens with zero attached hydrogens (tertiary/aromatic N) is 3. The number of aromatic hydroxyl groups is 1. The summed E-state index contributed by atoms with van der Waals surface area (Å²) in [5, 5.41) is 15.1. The Morgan fingerprint density at radius 3 is 2.62 bits per heavy atom. The van der Waals surface area contributed by atoms with Crippen LogP contribution in [0.2, 0.25) is 0 Å². The number of urea groups is 1. The molecule has 2 aromatic carbocycles. The molecule has 0 aliphatic carbocycles. The summed E-state index contributed by atoms with van der Waals surface area (Å²) in [6.07, 6.45) is 1.47. The smallest absolute Gasteiger partial charge is 0.324 e. The number of carbonyl (C=O) groups excluding carboxylic acids is 1. The summed E-state index contributed by atoms with van der Waals surface area (Å²) < 4.78 is 5.15. The van der Waals surface area contributed by atoms with Gasteiger partial charge in [-0.1, -0.05) is 18.2 Å². The molecule has 4 rings (SSSR count). The van der Waals surface area contributed by atoms with Crippen molar-refractivity contribution in [2.45, 2.75) is 0 Å². The molecule has 0 radical (unpaired) electrons. The van der Waals surface area contributed by atoms with Crippen molar-refractivity contribution < 1.29 is 14.6 Å². The average Bonchev–Trinajstić information content (AvgIpc) is 2.74. The van der Waals surface area contributed by atoms with Crippen LogP contribution in [0.3, 0.4) is 0 Å². The van der Waals surface area contributed by atoms with Gasteiger partial charge < -0.3 is 15.2 Å². The average molecular weight is 387 g/mol. The van der Waals surface area contributed by atoms with Crippen LogP contribution >= 0.6 is 0 Å². The number of fused-ring (bicyclic) bond motifs is 1. The number of pyridine rings is 1. The summed E-state index contributed by atoms with van der Waals surface area (Å²) in [5.41, 5.74) is 3.03. The Kier molecular flexibility index (Phi) is 4.90. The van der Waals surface area contributed by atoms with E-state index in [1.165, 1.54) is 19.4 Å². The molecule has 0 aliphatic heterocycles. The molecule has 8 nitrogen and oxygen atoms in total. The lowest BCUT2D eigenvalue weighted by Gasteiger charge is -2.08. The van der Waals surface area contributed by atoms with Crippen LogP contribution in [-0.2, 0) is 0 Å². The molecule has 0 saturated carbocycles. The normalized spacial score (nSPS) is 10.5. The first-order chi connectivity index (χ1) is 14.1. The molecule has 0 bridgehead atoms. The van der Waals surface area contributed by atoms with Crippen molar-refractivity contribution in [1.29, 1.82) is 0 Å². The van der Waals surface area contributed by atoms with E-state index in [4.69, 9.17) is 4.74 Å². The molecule has 8 heteroatoms. The Bertz CT molecular complexity index is 1180. The highest BCUT2D eigenvalue weighted by Crippen LogP contribution is 2.31. The molecule has 2 aromatic heterocycles. The molecule has 0 unspecified atom stereocenters. The van der Waals surface area contributed by atoms with E-state index >= 15 is 0 Å². The molecule has 0 spiro atoms. The summed E-state index contributed by atoms with van der Waals surface area (Å²) in [7, 11) is 1.48. The Balaban J connectivity index is 1.59. The Hall–Kier alpha value is -4.20. The largest absolute Gasteiger partial charge is 0.504 e. The van der Waals surface area contributed by atoms with Gasteiger partial charge in [-0.3, -0.25) is 5.32 Å². The zero-order chi connectivity index (χ0) is 20.2. The van der Waals surface area contributed by atoms with Crippen molar-refractivity contribution in [3.8, 4) is 22.8 Å². The van der Waals surface area contributed by atoms with Crippen LogP contribution in [0.25, 0.3) is 22.4 Å². The fourth-order valence-corrected chi connectivity index (χ4v) is 2.76. The number of benzene rings is 2. The maximum Gasteiger partial charge on any atom is 0.324 e. The third kappa shape index (κ3) is 4.06. The van der Waals surface area contributed by atoms with Gasteiger partial charge in [0.25, 0.3) is 0 Å². The zero-order valence-corrected chi connectivity index (χ0v) is 15.5. The lowest BCUT2D eigenvalue weighted by atomic mass is 10.1. The molecule has 144 valence electrons. The summed E-state index contributed by atoms with van der Waals surface area (Å²) in [4.78, 5) is 25.3. The van der Waals surface area contributed by atoms with E-state index in [-0.39, 0.29) is 11.6 Å². The van der Waals surface area contributed by atoms with Gasteiger partial charge in [0.05, 0.1) is 19.0 Å². The number of anilines is 2. The van der Waals surface area contributed by atoms with Gasteiger partial charge in [-0.15, -0.1) is 0 Å². The van der Waals surface area contributed by atoms with Crippen LogP contribution in [0.15, 0.2) is 66.9 Å². The fourth-order valence-electron chi connectivity index (χ4n) is 2.76. The van der Waals surface area contributed by atoms with Crippen LogP contribution in [0.1, 0.15) is 0 Å². The van der Waals surface area contributed by atoms with Gasteiger partial charge in [0, 0.05) is 11.3 Å². The van der Waals surface area contributed by atoms with Crippen molar-refractivity contribution >= 4 is 28.7 Å². The highest BCUT2D eigenvalue weighted by Gasteiger charge is 2.10. The van der Waals surface area contributed by atoms with Gasteiger partial charge in [0.2, 0.25) is 0 Å². The van der Waals surface area contributed by atoms with Gasteiger partial charge in [-0.25, -0.2) is 19.7 Å². The predicted molar refractivity (Wildman–Crippen MR) is 110 cm³/mol. The first-order valence-electron chi connectivity index (χ1n) is 8.76. The number of hydrogen-bond donors (Lipinski definition) is 3. The second-order valence-corrected chi connectivity index (χ2v) is 6.13. The summed E-state index contributed by atoms with van der Waals surface area (Å²) in [6.45, 7) is 0. The minimum absolute atomic E-state index is 0.0488. The molecule has 0 fully saturated rings. The number of aromatic nitrogens is 3. The number of ether oxygens (including phenoxy) is 1. The van der Waals surface area contributed by atoms with E-state index in [1.54, 1.807) is 36.4 Å². The number of carbonyl (C=O) groups is 1. The lowest BCUT2D eigenvalue weighted by Crippen LogP contribution is -2.20. The molecule has 0 atom stereocenters. The van der Waals surface area contributed by atoms with Crippen molar-refractivity contribution in [1.82, 2.24) is 15.0 Å². The van der Waals surface area contributed by atoms with E-state index in [2.05, 4.69) is 25.6 Å². The highest BCUT2D eigenvalue weighted by molar-refractivity contribution is 5.99. The highest BCUT2D eigenvalue weighted by atomic mass is 16.5. The van der Waals surface area contributed by atoms with Gasteiger partial charge in [-0.05, 0) is 42.5 Å². The molecular formula is C21H17N5O3. The number of nitrogens with one attached hydrogen (secondary N) is 2. The van der Waals surface area contributed by atoms with Crippen molar-refractivity contribution in [3.63, 3.8) is 0 Å². The van der Waals surface area contributed by atoms with E-state index in [0.717, 1.165) is 5.56 Å². The van der Waals surface area contributed by atoms with Gasteiger partial charge in [-0.2, -0.15) is 0 Å². The molecule has 0 aliphatic rings. The quantitative estimate of drug-likeness (QED) is 0.487. The third-order valence-corrected chi connectivity index (χ3v) is 4.16. The second-order valence-electron chi connectivity index (χ2n) is 6.13. The van der Waals surface area contributed by atoms with E-state index in [9.17, 15) is 9.90 Å². The third-order valence-electron chi connectivity index (χ3n) is 4.16. The number of hydrogen-bond acceptors (Lipinski definition) is 6. The summed E-state index contributed by atoms with van der Waals surface area (Å²) in [5.74, 6) is 0.676. The van der Waals surface area contributed by atoms with E-state index < -0.39 is 6.03 Å². The lowest BCUT2D eigenvalue weighted by molar-refractivity contribution is 0.262. The number of para-hydroxylation sites is 1. The van der Waals surface area contributed by atoms with Crippen molar-refractivity contribution in [2.24, 2.45) is 0 Å². The number of phenolic OH excluding ortho intramolecular Hbond substituents is 1. The van der Waals surface area contributed by atoms with Crippen molar-refractivity contribution in [2.75, 3.05) is 17.7 Å². The SMILES string of the molecule is COc1cc(-c2ccc3ncc(NC(=O)Nc4ccccc4)nc3n2)ccc1O. The molecule has 0 saturated heterocycles. The standard InChI is InChI=1S/C21H17N5O3/c1-29-18-11-13(7-10-17(18)27)15-8-9-16-20(24-15)25-19(12-22-16)26-21(28)23-14-5-3-2-4-6-14/h2-12,27H,1H3,(H2,23,24,25,26,28). The number of amides is 2. The maximum atomic E-state index is 12.2. The van der Waals surface area contributed by atoms with E-state index in [1.807, 2.05) is 18.2 Å². The molecular weight excluding hydrogens is 370 g/mol. The Labute approximate surface area is 166 Å². The minimum Gasteiger partial charge on any atom is -0.504 e. The molecule has 29 heavy (non-hydrogen) atoms. The Morgan fingerprint density at radius 1 is 1.00 bits per heavy atom. The number of phenols is 1. The number of rotatable bonds is 4. The molecule has 3 N–H and O–H groups in total. The van der Waals surface area contributed by atoms with Gasteiger partial charge >= 0.3 is 6.03 Å². The minimum atomic E-state index is -0.427. The Morgan fingerprint density at radius 2 is 1.83 bits per heavy atom. The molecule has 2 heterocycles. The van der Waals surface area contributed by atoms with Crippen LogP contribution in [0, 0.1) is 0 Å². The van der Waals surface area contributed by atoms with E-state index in [0.29, 0.717) is 28.3 Å². The van der Waals surface area contributed by atoms with Crippen LogP contribution < -0.4 is 15.4 Å². The fraction of sp³-hybridized carbons (Fsp3) is 0.0476. The first-order valence-corrected chi connectivity index (χ1v) is 8.76. The molecule has 2 amide bonds. The van der Waals surface area contributed by atoms with Crippen LogP contribution in [0.5, 0.6) is 11.5 Å². The zero-order valence-electron chi connectivity index (χ0n) is 15.5. The molecule has 4 aromatic rings. The topological polar surface area (TPSA) is 109 Å². The van der Waals surface area contributed by atoms with Crippen LogP contribution in [0.4, 0.5) is 16.3 Å².